The van der Waals surface area contributed by atoms with Gasteiger partial charge in [-0.3, -0.25) is 9.78 Å². The van der Waals surface area contributed by atoms with E-state index in [0.29, 0.717) is 18.6 Å². The Morgan fingerprint density at radius 2 is 1.62 bits per heavy atom. The van der Waals surface area contributed by atoms with Gasteiger partial charge in [-0.2, -0.15) is 0 Å². The molecular formula is C24H27NO. The van der Waals surface area contributed by atoms with E-state index in [2.05, 4.69) is 36.2 Å². The first-order chi connectivity index (χ1) is 12.8. The first-order valence-corrected chi connectivity index (χ1v) is 9.73. The van der Waals surface area contributed by atoms with Gasteiger partial charge in [0.2, 0.25) is 0 Å². The molecule has 0 unspecified atom stereocenters. The fraction of sp³-hybridized carbons (Fsp3) is 0.333. The largest absolute Gasteiger partial charge is 0.299 e. The van der Waals surface area contributed by atoms with Crippen molar-refractivity contribution in [1.82, 2.24) is 4.98 Å². The van der Waals surface area contributed by atoms with Crippen molar-refractivity contribution < 1.29 is 4.79 Å². The van der Waals surface area contributed by atoms with Crippen LogP contribution in [0.15, 0.2) is 60.8 Å². The van der Waals surface area contributed by atoms with Gasteiger partial charge < -0.3 is 0 Å². The third-order valence-electron chi connectivity index (χ3n) is 4.86. The third kappa shape index (κ3) is 4.57. The van der Waals surface area contributed by atoms with E-state index in [4.69, 9.17) is 0 Å². The predicted molar refractivity (Wildman–Crippen MR) is 109 cm³/mol. The summed E-state index contributed by atoms with van der Waals surface area (Å²) in [6, 6.07) is 18.6. The summed E-state index contributed by atoms with van der Waals surface area (Å²) in [5.41, 5.74) is 3.12. The second-order valence-electron chi connectivity index (χ2n) is 6.91. The molecule has 0 atom stereocenters. The van der Waals surface area contributed by atoms with Gasteiger partial charge in [0.25, 0.3) is 0 Å². The van der Waals surface area contributed by atoms with Crippen molar-refractivity contribution >= 4 is 16.6 Å². The van der Waals surface area contributed by atoms with E-state index in [9.17, 15) is 4.79 Å². The molecular weight excluding hydrogens is 318 g/mol. The van der Waals surface area contributed by atoms with Gasteiger partial charge in [0, 0.05) is 30.0 Å². The molecule has 2 nitrogen and oxygen atoms in total. The summed E-state index contributed by atoms with van der Waals surface area (Å²) in [4.78, 5) is 17.2. The number of aromatic nitrogens is 1. The van der Waals surface area contributed by atoms with Crippen molar-refractivity contribution in [3.05, 3.63) is 66.5 Å². The average Bonchev–Trinajstić information content (AvgIpc) is 2.68. The Kier molecular flexibility index (Phi) is 6.54. The van der Waals surface area contributed by atoms with Crippen LogP contribution in [0.4, 0.5) is 0 Å². The summed E-state index contributed by atoms with van der Waals surface area (Å²) >= 11 is 0. The van der Waals surface area contributed by atoms with Crippen LogP contribution in [0.3, 0.4) is 0 Å². The van der Waals surface area contributed by atoms with Crippen LogP contribution >= 0.6 is 0 Å². The number of hydrogen-bond acceptors (Lipinski definition) is 2. The van der Waals surface area contributed by atoms with Crippen molar-refractivity contribution in [3.63, 3.8) is 0 Å². The van der Waals surface area contributed by atoms with Crippen LogP contribution in [0, 0.1) is 0 Å². The highest BCUT2D eigenvalue weighted by Gasteiger charge is 2.14. The van der Waals surface area contributed by atoms with Gasteiger partial charge in [-0.15, -0.1) is 0 Å². The molecule has 0 spiro atoms. The summed E-state index contributed by atoms with van der Waals surface area (Å²) in [6.45, 7) is 2.21. The maximum Gasteiger partial charge on any atom is 0.138 e. The number of ketones is 1. The van der Waals surface area contributed by atoms with Crippen LogP contribution in [0.5, 0.6) is 0 Å². The zero-order chi connectivity index (χ0) is 18.2. The van der Waals surface area contributed by atoms with E-state index < -0.39 is 0 Å². The van der Waals surface area contributed by atoms with Crippen LogP contribution in [-0.4, -0.2) is 10.8 Å². The molecule has 2 heteroatoms. The molecule has 0 aliphatic carbocycles. The van der Waals surface area contributed by atoms with Crippen molar-refractivity contribution in [1.29, 1.82) is 0 Å². The minimum atomic E-state index is 0.293. The smallest absolute Gasteiger partial charge is 0.138 e. The molecule has 0 radical (unpaired) electrons. The van der Waals surface area contributed by atoms with Gasteiger partial charge in [-0.05, 0) is 17.4 Å². The average molecular weight is 345 g/mol. The number of hydrogen-bond donors (Lipinski definition) is 0. The molecule has 26 heavy (non-hydrogen) atoms. The number of fused-ring (bicyclic) bond motifs is 1. The molecule has 0 N–H and O–H groups in total. The molecule has 0 aliphatic rings. The van der Waals surface area contributed by atoms with Gasteiger partial charge in [-0.1, -0.05) is 87.2 Å². The molecule has 0 fully saturated rings. The molecule has 0 aliphatic heterocycles. The Balaban J connectivity index is 1.83. The Morgan fingerprint density at radius 3 is 2.42 bits per heavy atom. The summed E-state index contributed by atoms with van der Waals surface area (Å²) in [5.74, 6) is 0.293. The number of pyridine rings is 1. The minimum Gasteiger partial charge on any atom is -0.299 e. The van der Waals surface area contributed by atoms with Gasteiger partial charge in [0.05, 0.1) is 5.69 Å². The maximum atomic E-state index is 12.5. The SMILES string of the molecule is CCCCCCCC(=O)Cc1ncc2ccccc2c1-c1ccccc1. The molecule has 0 bridgehead atoms. The third-order valence-corrected chi connectivity index (χ3v) is 4.86. The van der Waals surface area contributed by atoms with E-state index in [0.717, 1.165) is 35.0 Å². The highest BCUT2D eigenvalue weighted by atomic mass is 16.1. The normalized spacial score (nSPS) is 11.0. The molecule has 0 saturated carbocycles. The fourth-order valence-electron chi connectivity index (χ4n) is 3.47. The Labute approximate surface area is 156 Å². The Bertz CT molecular complexity index is 854. The van der Waals surface area contributed by atoms with Gasteiger partial charge in [0.1, 0.15) is 5.78 Å². The summed E-state index contributed by atoms with van der Waals surface area (Å²) < 4.78 is 0. The molecule has 3 aromatic rings. The van der Waals surface area contributed by atoms with Crippen molar-refractivity contribution in [2.24, 2.45) is 0 Å². The predicted octanol–water partition coefficient (Wildman–Crippen LogP) is 6.37. The first-order valence-electron chi connectivity index (χ1n) is 9.73. The van der Waals surface area contributed by atoms with E-state index >= 15 is 0 Å². The fourth-order valence-corrected chi connectivity index (χ4v) is 3.47. The van der Waals surface area contributed by atoms with Crippen LogP contribution in [-0.2, 0) is 11.2 Å². The topological polar surface area (TPSA) is 30.0 Å². The van der Waals surface area contributed by atoms with Crippen molar-refractivity contribution in [2.45, 2.75) is 51.9 Å². The zero-order valence-corrected chi connectivity index (χ0v) is 15.6. The monoisotopic (exact) mass is 345 g/mol. The summed E-state index contributed by atoms with van der Waals surface area (Å²) in [7, 11) is 0. The van der Waals surface area contributed by atoms with Gasteiger partial charge in [-0.25, -0.2) is 0 Å². The molecule has 2 aromatic carbocycles. The summed E-state index contributed by atoms with van der Waals surface area (Å²) in [5, 5.41) is 2.28. The molecule has 1 aromatic heterocycles. The van der Waals surface area contributed by atoms with E-state index in [-0.39, 0.29) is 0 Å². The number of rotatable bonds is 9. The Hall–Kier alpha value is -2.48. The lowest BCUT2D eigenvalue weighted by Gasteiger charge is -2.12. The zero-order valence-electron chi connectivity index (χ0n) is 15.6. The lowest BCUT2D eigenvalue weighted by atomic mass is 9.94. The van der Waals surface area contributed by atoms with Crippen LogP contribution in [0.1, 0.15) is 51.1 Å². The summed E-state index contributed by atoms with van der Waals surface area (Å²) in [6.07, 6.45) is 8.84. The van der Waals surface area contributed by atoms with Crippen molar-refractivity contribution in [2.75, 3.05) is 0 Å². The number of carbonyl (C=O) groups is 1. The number of Topliss-reactive ketones (excluding diaryl/α,β-unsaturated/α-hetero) is 1. The van der Waals surface area contributed by atoms with Crippen LogP contribution in [0.25, 0.3) is 21.9 Å². The molecule has 0 amide bonds. The lowest BCUT2D eigenvalue weighted by molar-refractivity contribution is -0.118. The quantitative estimate of drug-likeness (QED) is 0.421. The van der Waals surface area contributed by atoms with Gasteiger partial charge in [0.15, 0.2) is 0 Å². The number of carbonyl (C=O) groups excluding carboxylic acids is 1. The molecule has 3 rings (SSSR count). The van der Waals surface area contributed by atoms with Crippen LogP contribution in [0.2, 0.25) is 0 Å². The van der Waals surface area contributed by atoms with E-state index in [1.54, 1.807) is 0 Å². The standard InChI is InChI=1S/C24H27NO/c1-2-3-4-5-9-15-21(26)17-23-24(19-12-7-6-8-13-19)22-16-11-10-14-20(22)18-25-23/h6-8,10-14,16,18H,2-5,9,15,17H2,1H3. The molecule has 134 valence electrons. The van der Waals surface area contributed by atoms with E-state index in [1.807, 2.05) is 36.5 Å². The number of nitrogens with zero attached hydrogens (tertiary/aromatic N) is 1. The van der Waals surface area contributed by atoms with Crippen LogP contribution < -0.4 is 0 Å². The highest BCUT2D eigenvalue weighted by Crippen LogP contribution is 2.31. The van der Waals surface area contributed by atoms with Gasteiger partial charge >= 0.3 is 0 Å². The lowest BCUT2D eigenvalue weighted by Crippen LogP contribution is -2.06. The highest BCUT2D eigenvalue weighted by molar-refractivity contribution is 5.98. The second kappa shape index (κ2) is 9.28. The first kappa shape index (κ1) is 18.3. The molecule has 1 heterocycles. The molecule has 0 saturated heterocycles. The minimum absolute atomic E-state index is 0.293. The van der Waals surface area contributed by atoms with E-state index in [1.165, 1.54) is 24.6 Å². The second-order valence-corrected chi connectivity index (χ2v) is 6.91. The number of unbranched alkanes of at least 4 members (excludes halogenated alkanes) is 4. The Morgan fingerprint density at radius 1 is 0.885 bits per heavy atom. The maximum absolute atomic E-state index is 12.5. The number of benzene rings is 2. The van der Waals surface area contributed by atoms with Crippen molar-refractivity contribution in [3.8, 4) is 11.1 Å².